The van der Waals surface area contributed by atoms with Gasteiger partial charge in [-0.05, 0) is 35.9 Å². The minimum absolute atomic E-state index is 0.211. The summed E-state index contributed by atoms with van der Waals surface area (Å²) in [6, 6.07) is 20.9. The van der Waals surface area contributed by atoms with Crippen molar-refractivity contribution in [2.45, 2.75) is 6.42 Å². The molecule has 0 radical (unpaired) electrons. The van der Waals surface area contributed by atoms with Gasteiger partial charge in [-0.2, -0.15) is 0 Å². The van der Waals surface area contributed by atoms with Crippen molar-refractivity contribution in [1.82, 2.24) is 0 Å². The highest BCUT2D eigenvalue weighted by molar-refractivity contribution is 6.36. The van der Waals surface area contributed by atoms with Crippen molar-refractivity contribution in [3.63, 3.8) is 0 Å². The zero-order valence-electron chi connectivity index (χ0n) is 13.7. The Kier molecular flexibility index (Phi) is 5.71. The third kappa shape index (κ3) is 4.31. The van der Waals surface area contributed by atoms with Gasteiger partial charge in [0.15, 0.2) is 5.78 Å². The third-order valence-corrected chi connectivity index (χ3v) is 4.39. The van der Waals surface area contributed by atoms with Gasteiger partial charge < -0.3 is 5.32 Å². The molecule has 0 fully saturated rings. The second-order valence-corrected chi connectivity index (χ2v) is 6.55. The number of ketones is 1. The van der Waals surface area contributed by atoms with Gasteiger partial charge in [-0.1, -0.05) is 65.7 Å². The molecule has 3 aromatic rings. The van der Waals surface area contributed by atoms with Crippen LogP contribution < -0.4 is 5.32 Å². The van der Waals surface area contributed by atoms with E-state index in [0.717, 1.165) is 5.56 Å². The molecule has 26 heavy (non-hydrogen) atoms. The fourth-order valence-electron chi connectivity index (χ4n) is 2.58. The van der Waals surface area contributed by atoms with Crippen molar-refractivity contribution < 1.29 is 9.59 Å². The van der Waals surface area contributed by atoms with E-state index >= 15 is 0 Å². The van der Waals surface area contributed by atoms with Crippen LogP contribution in [0.2, 0.25) is 10.0 Å². The smallest absolute Gasteiger partial charge is 0.228 e. The van der Waals surface area contributed by atoms with E-state index in [-0.39, 0.29) is 18.1 Å². The molecular formula is C21H15Cl2NO2. The molecule has 1 amide bonds. The van der Waals surface area contributed by atoms with Gasteiger partial charge in [0.1, 0.15) is 0 Å². The summed E-state index contributed by atoms with van der Waals surface area (Å²) >= 11 is 12.2. The number of anilines is 1. The summed E-state index contributed by atoms with van der Waals surface area (Å²) in [7, 11) is 0. The monoisotopic (exact) mass is 383 g/mol. The van der Waals surface area contributed by atoms with Gasteiger partial charge in [0.2, 0.25) is 5.91 Å². The first-order chi connectivity index (χ1) is 12.5. The Balaban J connectivity index is 1.88. The minimum atomic E-state index is -0.298. The van der Waals surface area contributed by atoms with Gasteiger partial charge in [0.25, 0.3) is 0 Å². The zero-order chi connectivity index (χ0) is 18.5. The minimum Gasteiger partial charge on any atom is -0.325 e. The fraction of sp³-hybridized carbons (Fsp3) is 0.0476. The van der Waals surface area contributed by atoms with Crippen molar-refractivity contribution in [2.75, 3.05) is 5.32 Å². The van der Waals surface area contributed by atoms with Crippen LogP contribution in [0.15, 0.2) is 72.8 Å². The van der Waals surface area contributed by atoms with Crippen molar-refractivity contribution in [2.24, 2.45) is 0 Å². The number of halogens is 2. The number of hydrogen-bond acceptors (Lipinski definition) is 2. The van der Waals surface area contributed by atoms with E-state index in [1.807, 2.05) is 30.3 Å². The second-order valence-electron chi connectivity index (χ2n) is 5.71. The fourth-order valence-corrected chi connectivity index (χ4v) is 2.97. The predicted octanol–water partition coefficient (Wildman–Crippen LogP) is 5.41. The van der Waals surface area contributed by atoms with Gasteiger partial charge in [-0.15, -0.1) is 0 Å². The molecule has 130 valence electrons. The largest absolute Gasteiger partial charge is 0.325 e. The molecule has 0 aromatic heterocycles. The lowest BCUT2D eigenvalue weighted by Crippen LogP contribution is -2.17. The number of carbonyl (C=O) groups excluding carboxylic acids is 2. The molecular weight excluding hydrogens is 369 g/mol. The summed E-state index contributed by atoms with van der Waals surface area (Å²) < 4.78 is 0. The Morgan fingerprint density at radius 1 is 0.808 bits per heavy atom. The molecule has 0 heterocycles. The Hall–Kier alpha value is -2.62. The summed E-state index contributed by atoms with van der Waals surface area (Å²) in [6.07, 6.45) is 0.211. The van der Waals surface area contributed by atoms with E-state index < -0.39 is 0 Å². The van der Waals surface area contributed by atoms with Gasteiger partial charge in [-0.25, -0.2) is 0 Å². The zero-order valence-corrected chi connectivity index (χ0v) is 15.2. The summed E-state index contributed by atoms with van der Waals surface area (Å²) in [5.74, 6) is -0.514. The molecule has 1 N–H and O–H groups in total. The summed E-state index contributed by atoms with van der Waals surface area (Å²) in [5, 5.41) is 3.55. The van der Waals surface area contributed by atoms with Crippen molar-refractivity contribution in [1.29, 1.82) is 0 Å². The first-order valence-electron chi connectivity index (χ1n) is 7.97. The Bertz CT molecular complexity index is 955. The van der Waals surface area contributed by atoms with Crippen molar-refractivity contribution in [3.05, 3.63) is 99.5 Å². The van der Waals surface area contributed by atoms with Crippen LogP contribution in [0.4, 0.5) is 5.69 Å². The summed E-state index contributed by atoms with van der Waals surface area (Å²) in [6.45, 7) is 0. The van der Waals surface area contributed by atoms with Crippen LogP contribution in [-0.4, -0.2) is 11.7 Å². The first kappa shape index (κ1) is 18.2. The highest BCUT2D eigenvalue weighted by atomic mass is 35.5. The van der Waals surface area contributed by atoms with E-state index in [0.29, 0.717) is 26.9 Å². The maximum atomic E-state index is 12.9. The summed E-state index contributed by atoms with van der Waals surface area (Å²) in [5.41, 5.74) is 1.94. The van der Waals surface area contributed by atoms with Crippen molar-refractivity contribution >= 4 is 40.6 Å². The Morgan fingerprint density at radius 2 is 1.50 bits per heavy atom. The first-order valence-corrected chi connectivity index (χ1v) is 8.73. The number of hydrogen-bond donors (Lipinski definition) is 1. The number of amides is 1. The van der Waals surface area contributed by atoms with Gasteiger partial charge in [0.05, 0.1) is 17.1 Å². The van der Waals surface area contributed by atoms with Crippen molar-refractivity contribution in [3.8, 4) is 0 Å². The molecule has 0 aliphatic heterocycles. The molecule has 3 aromatic carbocycles. The van der Waals surface area contributed by atoms with E-state index in [1.165, 1.54) is 6.07 Å². The van der Waals surface area contributed by atoms with Crippen LogP contribution in [0.5, 0.6) is 0 Å². The molecule has 5 heteroatoms. The van der Waals surface area contributed by atoms with E-state index in [4.69, 9.17) is 23.2 Å². The lowest BCUT2D eigenvalue weighted by atomic mass is 10.0. The highest BCUT2D eigenvalue weighted by Gasteiger charge is 2.18. The molecule has 3 rings (SSSR count). The topological polar surface area (TPSA) is 46.2 Å². The maximum absolute atomic E-state index is 12.9. The van der Waals surface area contributed by atoms with Crippen LogP contribution in [0.25, 0.3) is 0 Å². The molecule has 0 aliphatic rings. The number of benzene rings is 3. The Labute approximate surface area is 161 Å². The number of carbonyl (C=O) groups is 2. The summed E-state index contributed by atoms with van der Waals surface area (Å²) in [4.78, 5) is 25.2. The quantitative estimate of drug-likeness (QED) is 0.599. The molecule has 0 saturated heterocycles. The Morgan fingerprint density at radius 3 is 2.23 bits per heavy atom. The number of rotatable bonds is 5. The van der Waals surface area contributed by atoms with Gasteiger partial charge >= 0.3 is 0 Å². The van der Waals surface area contributed by atoms with E-state index in [1.54, 1.807) is 36.4 Å². The molecule has 0 unspecified atom stereocenters. The average molecular weight is 384 g/mol. The second kappa shape index (κ2) is 8.17. The van der Waals surface area contributed by atoms with Crippen LogP contribution in [-0.2, 0) is 11.2 Å². The van der Waals surface area contributed by atoms with E-state index in [2.05, 4.69) is 5.32 Å². The van der Waals surface area contributed by atoms with Crippen LogP contribution >= 0.6 is 23.2 Å². The standard InChI is InChI=1S/C21H15Cl2NO2/c22-15-10-11-19(24-20(25)12-14-6-2-1-3-7-14)17(13-15)21(26)16-8-4-5-9-18(16)23/h1-11,13H,12H2,(H,24,25). The lowest BCUT2D eigenvalue weighted by Gasteiger charge is -2.12. The normalized spacial score (nSPS) is 10.4. The predicted molar refractivity (Wildman–Crippen MR) is 105 cm³/mol. The molecule has 0 aliphatic carbocycles. The third-order valence-electron chi connectivity index (χ3n) is 3.83. The molecule has 3 nitrogen and oxygen atoms in total. The molecule has 0 bridgehead atoms. The average Bonchev–Trinajstić information content (AvgIpc) is 2.64. The van der Waals surface area contributed by atoms with E-state index in [9.17, 15) is 9.59 Å². The highest BCUT2D eigenvalue weighted by Crippen LogP contribution is 2.26. The molecule has 0 atom stereocenters. The lowest BCUT2D eigenvalue weighted by molar-refractivity contribution is -0.115. The maximum Gasteiger partial charge on any atom is 0.228 e. The van der Waals surface area contributed by atoms with Gasteiger partial charge in [-0.3, -0.25) is 9.59 Å². The van der Waals surface area contributed by atoms with Crippen LogP contribution in [0, 0.1) is 0 Å². The van der Waals surface area contributed by atoms with Crippen LogP contribution in [0.3, 0.4) is 0 Å². The molecule has 0 saturated carbocycles. The molecule has 0 spiro atoms. The van der Waals surface area contributed by atoms with Crippen LogP contribution in [0.1, 0.15) is 21.5 Å². The SMILES string of the molecule is O=C(Cc1ccccc1)Nc1ccc(Cl)cc1C(=O)c1ccccc1Cl. The van der Waals surface area contributed by atoms with Gasteiger partial charge in [0, 0.05) is 16.1 Å². The number of nitrogens with one attached hydrogen (secondary N) is 1.